The van der Waals surface area contributed by atoms with Crippen molar-refractivity contribution in [1.29, 1.82) is 0 Å². The monoisotopic (exact) mass is 273 g/mol. The highest BCUT2D eigenvalue weighted by Gasteiger charge is 2.10. The maximum absolute atomic E-state index is 13.5. The van der Waals surface area contributed by atoms with E-state index in [-0.39, 0.29) is 11.7 Å². The fourth-order valence-corrected chi connectivity index (χ4v) is 2.03. The Morgan fingerprint density at radius 2 is 2.00 bits per heavy atom. The summed E-state index contributed by atoms with van der Waals surface area (Å²) in [7, 11) is 0. The maximum atomic E-state index is 13.5. The Morgan fingerprint density at radius 3 is 2.60 bits per heavy atom. The number of nitrogens with two attached hydrogens (primary N) is 1. The number of hydrogen-bond acceptors (Lipinski definition) is 3. The molecule has 0 unspecified atom stereocenters. The van der Waals surface area contributed by atoms with Crippen LogP contribution in [0.1, 0.15) is 27.0 Å². The van der Waals surface area contributed by atoms with Crippen LogP contribution in [0.2, 0.25) is 0 Å². The molecule has 0 aliphatic heterocycles. The molecule has 1 aromatic heterocycles. The number of halogens is 1. The molecule has 0 fully saturated rings. The van der Waals surface area contributed by atoms with Crippen LogP contribution in [0, 0.1) is 19.7 Å². The normalized spacial score (nSPS) is 10.3. The zero-order chi connectivity index (χ0) is 14.7. The summed E-state index contributed by atoms with van der Waals surface area (Å²) < 4.78 is 13.5. The average Bonchev–Trinajstić information content (AvgIpc) is 2.42. The van der Waals surface area contributed by atoms with Gasteiger partial charge in [-0.3, -0.25) is 9.78 Å². The number of nitrogens with zero attached hydrogens (tertiary/aromatic N) is 1. The highest BCUT2D eigenvalue weighted by Crippen LogP contribution is 2.15. The summed E-state index contributed by atoms with van der Waals surface area (Å²) >= 11 is 0. The van der Waals surface area contributed by atoms with Crippen LogP contribution in [0.4, 0.5) is 10.1 Å². The number of amides is 1. The maximum Gasteiger partial charge on any atom is 0.253 e. The topological polar surface area (TPSA) is 68.0 Å². The van der Waals surface area contributed by atoms with Crippen molar-refractivity contribution in [2.24, 2.45) is 0 Å². The summed E-state index contributed by atoms with van der Waals surface area (Å²) in [6.45, 7) is 3.73. The van der Waals surface area contributed by atoms with Crippen molar-refractivity contribution in [1.82, 2.24) is 10.3 Å². The number of benzene rings is 1. The largest absolute Gasteiger partial charge is 0.397 e. The van der Waals surface area contributed by atoms with Gasteiger partial charge in [-0.1, -0.05) is 12.1 Å². The van der Waals surface area contributed by atoms with Crippen molar-refractivity contribution in [2.45, 2.75) is 20.4 Å². The molecule has 104 valence electrons. The SMILES string of the molecule is Cc1cc(CNC(=O)c2ccncc2N)cc(C)c1F. The Kier molecular flexibility index (Phi) is 3.98. The zero-order valence-corrected chi connectivity index (χ0v) is 11.4. The molecule has 1 aromatic carbocycles. The number of nitrogen functional groups attached to an aromatic ring is 1. The molecule has 0 atom stereocenters. The van der Waals surface area contributed by atoms with Gasteiger partial charge in [0.05, 0.1) is 17.4 Å². The summed E-state index contributed by atoms with van der Waals surface area (Å²) in [4.78, 5) is 15.8. The molecule has 2 rings (SSSR count). The van der Waals surface area contributed by atoms with Crippen LogP contribution in [-0.2, 0) is 6.54 Å². The molecule has 0 radical (unpaired) electrons. The molecule has 1 amide bonds. The quantitative estimate of drug-likeness (QED) is 0.902. The smallest absolute Gasteiger partial charge is 0.253 e. The Hall–Kier alpha value is -2.43. The van der Waals surface area contributed by atoms with E-state index in [0.717, 1.165) is 5.56 Å². The van der Waals surface area contributed by atoms with Gasteiger partial charge in [0.15, 0.2) is 0 Å². The van der Waals surface area contributed by atoms with Gasteiger partial charge in [-0.2, -0.15) is 0 Å². The van der Waals surface area contributed by atoms with Gasteiger partial charge in [-0.25, -0.2) is 4.39 Å². The first-order chi connectivity index (χ1) is 9.49. The Balaban J connectivity index is 2.10. The molecular weight excluding hydrogens is 257 g/mol. The number of nitrogens with one attached hydrogen (secondary N) is 1. The first kappa shape index (κ1) is 14.0. The van der Waals surface area contributed by atoms with E-state index in [4.69, 9.17) is 5.73 Å². The van der Waals surface area contributed by atoms with Crippen molar-refractivity contribution in [3.05, 3.63) is 58.7 Å². The molecular formula is C15H16FN3O. The molecule has 0 saturated carbocycles. The van der Waals surface area contributed by atoms with Gasteiger partial charge in [0.2, 0.25) is 0 Å². The minimum absolute atomic E-state index is 0.210. The lowest BCUT2D eigenvalue weighted by Gasteiger charge is -2.09. The minimum Gasteiger partial charge on any atom is -0.397 e. The van der Waals surface area contributed by atoms with Crippen LogP contribution in [0.25, 0.3) is 0 Å². The second-order valence-electron chi connectivity index (χ2n) is 4.69. The van der Waals surface area contributed by atoms with Crippen LogP contribution in [0.15, 0.2) is 30.6 Å². The third kappa shape index (κ3) is 2.93. The van der Waals surface area contributed by atoms with E-state index in [2.05, 4.69) is 10.3 Å². The number of carbonyl (C=O) groups excluding carboxylic acids is 1. The van der Waals surface area contributed by atoms with Gasteiger partial charge in [-0.15, -0.1) is 0 Å². The van der Waals surface area contributed by atoms with Crippen LogP contribution < -0.4 is 11.1 Å². The predicted octanol–water partition coefficient (Wildman–Crippen LogP) is 2.35. The summed E-state index contributed by atoms with van der Waals surface area (Å²) in [5.41, 5.74) is 8.38. The first-order valence-electron chi connectivity index (χ1n) is 6.22. The fourth-order valence-electron chi connectivity index (χ4n) is 2.03. The lowest BCUT2D eigenvalue weighted by molar-refractivity contribution is 0.0951. The summed E-state index contributed by atoms with van der Waals surface area (Å²) in [6.07, 6.45) is 2.94. The van der Waals surface area contributed by atoms with Gasteiger partial charge in [0, 0.05) is 12.7 Å². The highest BCUT2D eigenvalue weighted by atomic mass is 19.1. The molecule has 1 heterocycles. The highest BCUT2D eigenvalue weighted by molar-refractivity contribution is 5.98. The molecule has 3 N–H and O–H groups in total. The number of aromatic nitrogens is 1. The van der Waals surface area contributed by atoms with Crippen molar-refractivity contribution >= 4 is 11.6 Å². The molecule has 0 aliphatic rings. The molecule has 2 aromatic rings. The van der Waals surface area contributed by atoms with Crippen LogP contribution in [0.3, 0.4) is 0 Å². The number of pyridine rings is 1. The lowest BCUT2D eigenvalue weighted by atomic mass is 10.1. The van der Waals surface area contributed by atoms with E-state index in [1.165, 1.54) is 12.4 Å². The number of carbonyl (C=O) groups is 1. The van der Waals surface area contributed by atoms with Crippen LogP contribution >= 0.6 is 0 Å². The third-order valence-electron chi connectivity index (χ3n) is 3.05. The van der Waals surface area contributed by atoms with Gasteiger partial charge >= 0.3 is 0 Å². The van der Waals surface area contributed by atoms with Crippen LogP contribution in [-0.4, -0.2) is 10.9 Å². The van der Waals surface area contributed by atoms with Gasteiger partial charge < -0.3 is 11.1 Å². The predicted molar refractivity (Wildman–Crippen MR) is 75.7 cm³/mol. The molecule has 4 nitrogen and oxygen atoms in total. The van der Waals surface area contributed by atoms with Crippen molar-refractivity contribution in [3.63, 3.8) is 0 Å². The molecule has 5 heteroatoms. The summed E-state index contributed by atoms with van der Waals surface area (Å²) in [6, 6.07) is 5.00. The van der Waals surface area contributed by atoms with Gasteiger partial charge in [0.25, 0.3) is 5.91 Å². The van der Waals surface area contributed by atoms with E-state index in [1.54, 1.807) is 32.0 Å². The number of anilines is 1. The number of hydrogen-bond donors (Lipinski definition) is 2. The Bertz CT molecular complexity index is 632. The zero-order valence-electron chi connectivity index (χ0n) is 11.4. The van der Waals surface area contributed by atoms with E-state index in [1.807, 2.05) is 0 Å². The molecule has 0 spiro atoms. The van der Waals surface area contributed by atoms with E-state index in [9.17, 15) is 9.18 Å². The standard InChI is InChI=1S/C15H16FN3O/c1-9-5-11(6-10(2)14(9)16)7-19-15(20)12-3-4-18-8-13(12)17/h3-6,8H,7,17H2,1-2H3,(H,19,20). The summed E-state index contributed by atoms with van der Waals surface area (Å²) in [5, 5.41) is 2.76. The lowest BCUT2D eigenvalue weighted by Crippen LogP contribution is -2.24. The van der Waals surface area contributed by atoms with Gasteiger partial charge in [0.1, 0.15) is 5.82 Å². The van der Waals surface area contributed by atoms with Crippen LogP contribution in [0.5, 0.6) is 0 Å². The second-order valence-corrected chi connectivity index (χ2v) is 4.69. The third-order valence-corrected chi connectivity index (χ3v) is 3.05. The Morgan fingerprint density at radius 1 is 1.35 bits per heavy atom. The molecule has 0 saturated heterocycles. The molecule has 0 bridgehead atoms. The molecule has 0 aliphatic carbocycles. The van der Waals surface area contributed by atoms with Crippen molar-refractivity contribution < 1.29 is 9.18 Å². The molecule has 20 heavy (non-hydrogen) atoms. The summed E-state index contributed by atoms with van der Waals surface area (Å²) in [5.74, 6) is -0.483. The van der Waals surface area contributed by atoms with E-state index >= 15 is 0 Å². The van der Waals surface area contributed by atoms with E-state index in [0.29, 0.717) is 28.9 Å². The fraction of sp³-hybridized carbons (Fsp3) is 0.200. The van der Waals surface area contributed by atoms with Gasteiger partial charge in [-0.05, 0) is 36.6 Å². The minimum atomic E-state index is -0.274. The first-order valence-corrected chi connectivity index (χ1v) is 6.22. The van der Waals surface area contributed by atoms with E-state index < -0.39 is 0 Å². The number of rotatable bonds is 3. The Labute approximate surface area is 116 Å². The second kappa shape index (κ2) is 5.69. The number of aryl methyl sites for hydroxylation is 2. The van der Waals surface area contributed by atoms with Crippen molar-refractivity contribution in [3.8, 4) is 0 Å². The average molecular weight is 273 g/mol. The van der Waals surface area contributed by atoms with Crippen molar-refractivity contribution in [2.75, 3.05) is 5.73 Å².